The van der Waals surface area contributed by atoms with Crippen LogP contribution in [0.4, 0.5) is 17.5 Å². The maximum Gasteiger partial charge on any atom is 0.227 e. The molecule has 0 radical (unpaired) electrons. The monoisotopic (exact) mass is 361 g/mol. The Hall–Kier alpha value is -1.66. The topological polar surface area (TPSA) is 44.3 Å². The van der Waals surface area contributed by atoms with Crippen LogP contribution in [0.3, 0.4) is 0 Å². The average molecular weight is 362 g/mol. The Kier molecular flexibility index (Phi) is 4.59. The van der Waals surface area contributed by atoms with Crippen molar-refractivity contribution >= 4 is 33.4 Å². The van der Waals surface area contributed by atoms with Crippen LogP contribution in [-0.4, -0.2) is 48.1 Å². The minimum absolute atomic E-state index is 0.811. The van der Waals surface area contributed by atoms with Crippen LogP contribution >= 0.6 is 15.9 Å². The fourth-order valence-corrected chi connectivity index (χ4v) is 2.88. The Morgan fingerprint density at radius 2 is 1.86 bits per heavy atom. The minimum Gasteiger partial charge on any atom is -0.340 e. The molecule has 0 atom stereocenters. The lowest BCUT2D eigenvalue weighted by Crippen LogP contribution is -2.45. The quantitative estimate of drug-likeness (QED) is 0.909. The Bertz CT molecular complexity index is 653. The predicted octanol–water partition coefficient (Wildman–Crippen LogP) is 3.04. The van der Waals surface area contributed by atoms with Crippen LogP contribution in [0.5, 0.6) is 0 Å². The second kappa shape index (κ2) is 6.62. The lowest BCUT2D eigenvalue weighted by atomic mass is 10.3. The molecule has 1 aromatic carbocycles. The van der Waals surface area contributed by atoms with E-state index in [2.05, 4.69) is 48.1 Å². The number of hydrogen-bond donors (Lipinski definition) is 1. The van der Waals surface area contributed by atoms with Gasteiger partial charge in [-0.1, -0.05) is 22.0 Å². The summed E-state index contributed by atoms with van der Waals surface area (Å²) in [5.41, 5.74) is 1.98. The molecule has 1 fully saturated rings. The Balaban J connectivity index is 1.80. The van der Waals surface area contributed by atoms with E-state index in [4.69, 9.17) is 0 Å². The van der Waals surface area contributed by atoms with Crippen LogP contribution in [0.1, 0.15) is 5.69 Å². The summed E-state index contributed by atoms with van der Waals surface area (Å²) in [6.45, 7) is 6.04. The van der Waals surface area contributed by atoms with E-state index in [0.717, 1.165) is 53.8 Å². The normalized spacial score (nSPS) is 15.9. The molecular weight excluding hydrogens is 342 g/mol. The summed E-state index contributed by atoms with van der Waals surface area (Å²) in [5, 5.41) is 3.36. The molecule has 0 amide bonds. The van der Waals surface area contributed by atoms with Gasteiger partial charge < -0.3 is 15.1 Å². The first-order chi connectivity index (χ1) is 10.6. The summed E-state index contributed by atoms with van der Waals surface area (Å²) < 4.78 is 1.04. The molecule has 1 aliphatic heterocycles. The first-order valence-corrected chi connectivity index (χ1v) is 8.21. The number of anilines is 3. The number of hydrogen-bond acceptors (Lipinski definition) is 5. The molecule has 0 spiro atoms. The summed E-state index contributed by atoms with van der Waals surface area (Å²) in [5.74, 6) is 1.64. The van der Waals surface area contributed by atoms with E-state index in [1.54, 1.807) is 0 Å². The van der Waals surface area contributed by atoms with E-state index < -0.39 is 0 Å². The lowest BCUT2D eigenvalue weighted by molar-refractivity contribution is 0.311. The molecule has 0 saturated carbocycles. The van der Waals surface area contributed by atoms with Gasteiger partial charge in [0, 0.05) is 48.1 Å². The first-order valence-electron chi connectivity index (χ1n) is 7.42. The summed E-state index contributed by atoms with van der Waals surface area (Å²) in [7, 11) is 2.15. The van der Waals surface area contributed by atoms with Gasteiger partial charge in [-0.3, -0.25) is 0 Å². The zero-order valence-corrected chi connectivity index (χ0v) is 14.5. The van der Waals surface area contributed by atoms with Gasteiger partial charge in [0.15, 0.2) is 0 Å². The van der Waals surface area contributed by atoms with Crippen LogP contribution < -0.4 is 10.2 Å². The second-order valence-electron chi connectivity index (χ2n) is 5.62. The number of halogens is 1. The molecule has 2 aromatic rings. The largest absolute Gasteiger partial charge is 0.340 e. The molecule has 116 valence electrons. The minimum atomic E-state index is 0.811. The van der Waals surface area contributed by atoms with Crippen LogP contribution in [0.15, 0.2) is 34.8 Å². The molecule has 0 bridgehead atoms. The number of likely N-dealkylation sites (N-methyl/N-ethyl adjacent to an activating group) is 1. The van der Waals surface area contributed by atoms with E-state index >= 15 is 0 Å². The summed E-state index contributed by atoms with van der Waals surface area (Å²) in [4.78, 5) is 13.8. The van der Waals surface area contributed by atoms with E-state index in [1.165, 1.54) is 0 Å². The SMILES string of the molecule is Cc1cc(Nc2cccc(Br)c2)nc(N2CCN(C)CC2)n1. The van der Waals surface area contributed by atoms with Crippen molar-refractivity contribution in [2.75, 3.05) is 43.4 Å². The molecule has 1 aliphatic rings. The van der Waals surface area contributed by atoms with Gasteiger partial charge >= 0.3 is 0 Å². The second-order valence-corrected chi connectivity index (χ2v) is 6.54. The Morgan fingerprint density at radius 3 is 2.59 bits per heavy atom. The maximum atomic E-state index is 4.68. The molecule has 2 heterocycles. The van der Waals surface area contributed by atoms with Crippen LogP contribution in [0.25, 0.3) is 0 Å². The van der Waals surface area contributed by atoms with Gasteiger partial charge in [0.2, 0.25) is 5.95 Å². The molecule has 22 heavy (non-hydrogen) atoms. The number of benzene rings is 1. The average Bonchev–Trinajstić information content (AvgIpc) is 2.47. The molecule has 5 nitrogen and oxygen atoms in total. The maximum absolute atomic E-state index is 4.68. The third kappa shape index (κ3) is 3.75. The van der Waals surface area contributed by atoms with E-state index in [-0.39, 0.29) is 0 Å². The van der Waals surface area contributed by atoms with Gasteiger partial charge in [-0.15, -0.1) is 0 Å². The van der Waals surface area contributed by atoms with Crippen molar-refractivity contribution < 1.29 is 0 Å². The number of rotatable bonds is 3. The Morgan fingerprint density at radius 1 is 1.09 bits per heavy atom. The van der Waals surface area contributed by atoms with Crippen molar-refractivity contribution in [1.29, 1.82) is 0 Å². The predicted molar refractivity (Wildman–Crippen MR) is 93.9 cm³/mol. The molecule has 1 N–H and O–H groups in total. The van der Waals surface area contributed by atoms with Gasteiger partial charge in [-0.05, 0) is 32.2 Å². The van der Waals surface area contributed by atoms with Crippen LogP contribution in [-0.2, 0) is 0 Å². The fraction of sp³-hybridized carbons (Fsp3) is 0.375. The third-order valence-electron chi connectivity index (χ3n) is 3.73. The van der Waals surface area contributed by atoms with Gasteiger partial charge in [-0.2, -0.15) is 4.98 Å². The highest BCUT2D eigenvalue weighted by Crippen LogP contribution is 2.21. The zero-order chi connectivity index (χ0) is 15.5. The third-order valence-corrected chi connectivity index (χ3v) is 4.22. The van der Waals surface area contributed by atoms with Crippen LogP contribution in [0, 0.1) is 6.92 Å². The first kappa shape index (κ1) is 15.2. The highest BCUT2D eigenvalue weighted by atomic mass is 79.9. The van der Waals surface area contributed by atoms with Crippen molar-refractivity contribution in [1.82, 2.24) is 14.9 Å². The number of aromatic nitrogens is 2. The fourth-order valence-electron chi connectivity index (χ4n) is 2.48. The summed E-state index contributed by atoms with van der Waals surface area (Å²) in [6, 6.07) is 10.0. The van der Waals surface area contributed by atoms with Gasteiger partial charge in [0.05, 0.1) is 0 Å². The number of nitrogens with one attached hydrogen (secondary N) is 1. The highest BCUT2D eigenvalue weighted by Gasteiger charge is 2.17. The molecule has 1 saturated heterocycles. The van der Waals surface area contributed by atoms with Gasteiger partial charge in [0.25, 0.3) is 0 Å². The lowest BCUT2D eigenvalue weighted by Gasteiger charge is -2.32. The highest BCUT2D eigenvalue weighted by molar-refractivity contribution is 9.10. The van der Waals surface area contributed by atoms with Crippen molar-refractivity contribution in [2.24, 2.45) is 0 Å². The van der Waals surface area contributed by atoms with E-state index in [9.17, 15) is 0 Å². The zero-order valence-electron chi connectivity index (χ0n) is 12.9. The van der Waals surface area contributed by atoms with Crippen molar-refractivity contribution in [3.05, 3.63) is 40.5 Å². The molecule has 0 unspecified atom stereocenters. The van der Waals surface area contributed by atoms with Crippen LogP contribution in [0.2, 0.25) is 0 Å². The smallest absolute Gasteiger partial charge is 0.227 e. The number of aryl methyl sites for hydroxylation is 1. The molecule has 1 aromatic heterocycles. The van der Waals surface area contributed by atoms with Crippen molar-refractivity contribution in [3.63, 3.8) is 0 Å². The standard InChI is InChI=1S/C16H20BrN5/c1-12-10-15(19-14-5-3-4-13(17)11-14)20-16(18-12)22-8-6-21(2)7-9-22/h3-5,10-11H,6-9H2,1-2H3,(H,18,19,20). The Labute approximate surface area is 139 Å². The molecule has 0 aliphatic carbocycles. The number of piperazine rings is 1. The molecular formula is C16H20BrN5. The molecule has 3 rings (SSSR count). The number of nitrogens with zero attached hydrogens (tertiary/aromatic N) is 4. The summed E-state index contributed by atoms with van der Waals surface area (Å²) in [6.07, 6.45) is 0. The van der Waals surface area contributed by atoms with Gasteiger partial charge in [0.1, 0.15) is 5.82 Å². The van der Waals surface area contributed by atoms with Crippen molar-refractivity contribution in [2.45, 2.75) is 6.92 Å². The summed E-state index contributed by atoms with van der Waals surface area (Å²) >= 11 is 3.49. The molecule has 6 heteroatoms. The van der Waals surface area contributed by atoms with E-state index in [0.29, 0.717) is 0 Å². The van der Waals surface area contributed by atoms with Gasteiger partial charge in [-0.25, -0.2) is 4.98 Å². The van der Waals surface area contributed by atoms with E-state index in [1.807, 2.05) is 37.3 Å². The van der Waals surface area contributed by atoms with Crippen molar-refractivity contribution in [3.8, 4) is 0 Å².